The molecular weight excluding hydrogens is 274 g/mol. The molecule has 0 aromatic heterocycles. The van der Waals surface area contributed by atoms with Crippen molar-refractivity contribution in [1.82, 2.24) is 4.31 Å². The van der Waals surface area contributed by atoms with E-state index in [0.717, 1.165) is 18.4 Å². The topological polar surface area (TPSA) is 57.6 Å². The molecule has 0 aliphatic rings. The Morgan fingerprint density at radius 2 is 1.95 bits per heavy atom. The van der Waals surface area contributed by atoms with Gasteiger partial charge in [-0.2, -0.15) is 4.31 Å². The number of sulfonamides is 1. The molecule has 0 atom stereocenters. The zero-order valence-corrected chi connectivity index (χ0v) is 12.8. The number of hydrogen-bond donors (Lipinski definition) is 1. The Morgan fingerprint density at radius 3 is 2.45 bits per heavy atom. The second-order valence-electron chi connectivity index (χ2n) is 4.62. The van der Waals surface area contributed by atoms with Gasteiger partial charge in [0, 0.05) is 19.7 Å². The highest BCUT2D eigenvalue weighted by Crippen LogP contribution is 2.17. The van der Waals surface area contributed by atoms with Gasteiger partial charge in [-0.1, -0.05) is 25.1 Å². The number of nitrogens with zero attached hydrogens (tertiary/aromatic N) is 1. The molecule has 112 valence electrons. The van der Waals surface area contributed by atoms with Crippen LogP contribution < -0.4 is 0 Å². The van der Waals surface area contributed by atoms with Gasteiger partial charge in [-0.25, -0.2) is 8.42 Å². The molecule has 5 heteroatoms. The van der Waals surface area contributed by atoms with Crippen LogP contribution in [0, 0.1) is 0 Å². The molecule has 0 aliphatic heterocycles. The lowest BCUT2D eigenvalue weighted by Crippen LogP contribution is -2.32. The van der Waals surface area contributed by atoms with Crippen molar-refractivity contribution in [1.29, 1.82) is 0 Å². The first-order chi connectivity index (χ1) is 9.56. The van der Waals surface area contributed by atoms with Crippen LogP contribution in [0.3, 0.4) is 0 Å². The summed E-state index contributed by atoms with van der Waals surface area (Å²) in [6, 6.07) is 6.88. The average molecular weight is 297 g/mol. The van der Waals surface area contributed by atoms with Crippen LogP contribution in [-0.2, 0) is 16.4 Å². The third-order valence-electron chi connectivity index (χ3n) is 2.99. The smallest absolute Gasteiger partial charge is 0.243 e. The Balaban J connectivity index is 2.93. The lowest BCUT2D eigenvalue weighted by molar-refractivity contribution is 0.288. The van der Waals surface area contributed by atoms with Gasteiger partial charge in [0.25, 0.3) is 0 Å². The number of aliphatic hydroxyl groups is 1. The summed E-state index contributed by atoms with van der Waals surface area (Å²) in [5.41, 5.74) is 1.03. The van der Waals surface area contributed by atoms with Crippen LogP contribution in [-0.4, -0.2) is 37.5 Å². The van der Waals surface area contributed by atoms with Gasteiger partial charge in [0.05, 0.1) is 4.90 Å². The van der Waals surface area contributed by atoms with E-state index in [4.69, 9.17) is 5.11 Å². The third kappa shape index (κ3) is 4.44. The maximum Gasteiger partial charge on any atom is 0.243 e. The highest BCUT2D eigenvalue weighted by molar-refractivity contribution is 7.89. The molecular formula is C15H23NO3S. The molecule has 0 radical (unpaired) electrons. The molecule has 0 aliphatic carbocycles. The number of aliphatic hydroxyl groups excluding tert-OH is 1. The van der Waals surface area contributed by atoms with Crippen LogP contribution in [0.5, 0.6) is 0 Å². The second kappa shape index (κ2) is 8.19. The van der Waals surface area contributed by atoms with E-state index in [1.54, 1.807) is 30.3 Å². The summed E-state index contributed by atoms with van der Waals surface area (Å²) in [7, 11) is -3.45. The monoisotopic (exact) mass is 297 g/mol. The van der Waals surface area contributed by atoms with E-state index in [1.165, 1.54) is 4.31 Å². The van der Waals surface area contributed by atoms with Crippen LogP contribution in [0.1, 0.15) is 25.3 Å². The van der Waals surface area contributed by atoms with Crippen LogP contribution >= 0.6 is 0 Å². The highest BCUT2D eigenvalue weighted by atomic mass is 32.2. The average Bonchev–Trinajstić information content (AvgIpc) is 2.45. The van der Waals surface area contributed by atoms with Crippen molar-refractivity contribution in [3.8, 4) is 0 Å². The van der Waals surface area contributed by atoms with E-state index in [0.29, 0.717) is 24.4 Å². The van der Waals surface area contributed by atoms with Crippen molar-refractivity contribution >= 4 is 10.0 Å². The van der Waals surface area contributed by atoms with Gasteiger partial charge < -0.3 is 5.11 Å². The number of hydrogen-bond acceptors (Lipinski definition) is 3. The maximum atomic E-state index is 12.5. The van der Waals surface area contributed by atoms with Crippen molar-refractivity contribution in [2.24, 2.45) is 0 Å². The first-order valence-electron chi connectivity index (χ1n) is 6.87. The summed E-state index contributed by atoms with van der Waals surface area (Å²) in [6.07, 6.45) is 3.80. The van der Waals surface area contributed by atoms with Gasteiger partial charge in [-0.3, -0.25) is 0 Å². The largest absolute Gasteiger partial charge is 0.396 e. The third-order valence-corrected chi connectivity index (χ3v) is 4.87. The van der Waals surface area contributed by atoms with Crippen LogP contribution in [0.25, 0.3) is 0 Å². The lowest BCUT2D eigenvalue weighted by Gasteiger charge is -2.20. The SMILES string of the molecule is C=CCN(CCC)S(=O)(=O)c1ccc(CCCO)cc1. The van der Waals surface area contributed by atoms with Crippen LogP contribution in [0.15, 0.2) is 41.8 Å². The van der Waals surface area contributed by atoms with Gasteiger partial charge in [-0.05, 0) is 37.0 Å². The molecule has 0 unspecified atom stereocenters. The Hall–Kier alpha value is -1.17. The van der Waals surface area contributed by atoms with Gasteiger partial charge in [0.15, 0.2) is 0 Å². The van der Waals surface area contributed by atoms with Crippen molar-refractivity contribution in [2.75, 3.05) is 19.7 Å². The summed E-state index contributed by atoms with van der Waals surface area (Å²) < 4.78 is 26.4. The van der Waals surface area contributed by atoms with E-state index in [2.05, 4.69) is 6.58 Å². The quantitative estimate of drug-likeness (QED) is 0.711. The molecule has 20 heavy (non-hydrogen) atoms. The molecule has 0 fully saturated rings. The predicted molar refractivity (Wildman–Crippen MR) is 81.1 cm³/mol. The first kappa shape index (κ1) is 16.9. The lowest BCUT2D eigenvalue weighted by atomic mass is 10.1. The maximum absolute atomic E-state index is 12.5. The second-order valence-corrected chi connectivity index (χ2v) is 6.56. The fourth-order valence-electron chi connectivity index (χ4n) is 1.96. The van der Waals surface area contributed by atoms with Crippen LogP contribution in [0.4, 0.5) is 0 Å². The molecule has 1 rings (SSSR count). The predicted octanol–water partition coefficient (Wildman–Crippen LogP) is 2.20. The fourth-order valence-corrected chi connectivity index (χ4v) is 3.47. The number of rotatable bonds is 9. The van der Waals surface area contributed by atoms with Gasteiger partial charge in [0.2, 0.25) is 10.0 Å². The summed E-state index contributed by atoms with van der Waals surface area (Å²) >= 11 is 0. The Kier molecular flexibility index (Phi) is 6.91. The van der Waals surface area contributed by atoms with Crippen molar-refractivity contribution < 1.29 is 13.5 Å². The van der Waals surface area contributed by atoms with E-state index in [9.17, 15) is 8.42 Å². The zero-order chi connectivity index (χ0) is 15.0. The standard InChI is InChI=1S/C15H23NO3S/c1-3-11-16(12-4-2)20(18,19)15-9-7-14(8-10-15)6-5-13-17/h3,7-10,17H,1,4-6,11-13H2,2H3. The molecule has 0 spiro atoms. The molecule has 0 saturated carbocycles. The summed E-state index contributed by atoms with van der Waals surface area (Å²) in [5.74, 6) is 0. The van der Waals surface area contributed by atoms with E-state index in [-0.39, 0.29) is 6.61 Å². The van der Waals surface area contributed by atoms with E-state index in [1.807, 2.05) is 6.92 Å². The minimum Gasteiger partial charge on any atom is -0.396 e. The summed E-state index contributed by atoms with van der Waals surface area (Å²) in [6.45, 7) is 6.51. The number of aryl methyl sites for hydroxylation is 1. The molecule has 0 heterocycles. The first-order valence-corrected chi connectivity index (χ1v) is 8.31. The Morgan fingerprint density at radius 1 is 1.30 bits per heavy atom. The fraction of sp³-hybridized carbons (Fsp3) is 0.467. The summed E-state index contributed by atoms with van der Waals surface area (Å²) in [5, 5.41) is 8.79. The van der Waals surface area contributed by atoms with Crippen LogP contribution in [0.2, 0.25) is 0 Å². The Labute approximate surface area is 121 Å². The van der Waals surface area contributed by atoms with Crippen molar-refractivity contribution in [2.45, 2.75) is 31.1 Å². The highest BCUT2D eigenvalue weighted by Gasteiger charge is 2.22. The minimum absolute atomic E-state index is 0.143. The molecule has 1 aromatic carbocycles. The van der Waals surface area contributed by atoms with Gasteiger partial charge >= 0.3 is 0 Å². The molecule has 0 bridgehead atoms. The Bertz CT molecular complexity index is 508. The summed E-state index contributed by atoms with van der Waals surface area (Å²) in [4.78, 5) is 0.306. The van der Waals surface area contributed by atoms with Gasteiger partial charge in [0.1, 0.15) is 0 Å². The normalized spacial score (nSPS) is 11.8. The molecule has 0 saturated heterocycles. The molecule has 4 nitrogen and oxygen atoms in total. The molecule has 1 aromatic rings. The molecule has 0 amide bonds. The van der Waals surface area contributed by atoms with Crippen molar-refractivity contribution in [3.05, 3.63) is 42.5 Å². The van der Waals surface area contributed by atoms with E-state index < -0.39 is 10.0 Å². The van der Waals surface area contributed by atoms with Gasteiger partial charge in [-0.15, -0.1) is 6.58 Å². The van der Waals surface area contributed by atoms with Crippen molar-refractivity contribution in [3.63, 3.8) is 0 Å². The molecule has 1 N–H and O–H groups in total. The zero-order valence-electron chi connectivity index (χ0n) is 12.0. The minimum atomic E-state index is -3.45. The number of benzene rings is 1. The van der Waals surface area contributed by atoms with E-state index >= 15 is 0 Å².